The van der Waals surface area contributed by atoms with Crippen molar-refractivity contribution in [3.63, 3.8) is 0 Å². The lowest BCUT2D eigenvalue weighted by molar-refractivity contribution is -0.137. The molecular formula is C25H30N4O4. The van der Waals surface area contributed by atoms with Crippen molar-refractivity contribution in [2.24, 2.45) is 0 Å². The zero-order valence-corrected chi connectivity index (χ0v) is 18.7. The van der Waals surface area contributed by atoms with E-state index in [4.69, 9.17) is 4.74 Å². The van der Waals surface area contributed by atoms with Gasteiger partial charge in [-0.2, -0.15) is 5.26 Å². The van der Waals surface area contributed by atoms with Gasteiger partial charge in [-0.1, -0.05) is 42.5 Å². The number of allylic oxidation sites excluding steroid dienone is 2. The van der Waals surface area contributed by atoms with Crippen LogP contribution in [0.5, 0.6) is 0 Å². The quantitative estimate of drug-likeness (QED) is 0.716. The Morgan fingerprint density at radius 1 is 1.15 bits per heavy atom. The molecule has 8 nitrogen and oxygen atoms in total. The smallest absolute Gasteiger partial charge is 0.407 e. The standard InChI is InChI=1S/C25H30N4O4/c26-19-25(10-8-21(9-11-25)20-5-2-1-3-6-20)33-18-17-27-13-15-28(16-14-27)23(30)22-7-4-12-29(22)24(31)32/h1-3,5-6,8-10,22H,4,7,11-18H2,(H,31,32)/t22-,25?/m1/s1. The summed E-state index contributed by atoms with van der Waals surface area (Å²) in [6, 6.07) is 11.8. The molecule has 2 saturated heterocycles. The number of rotatable bonds is 6. The van der Waals surface area contributed by atoms with E-state index in [2.05, 4.69) is 11.0 Å². The van der Waals surface area contributed by atoms with Gasteiger partial charge in [-0.3, -0.25) is 14.6 Å². The number of nitriles is 1. The summed E-state index contributed by atoms with van der Waals surface area (Å²) in [6.45, 7) is 4.12. The Hall–Kier alpha value is -3.15. The van der Waals surface area contributed by atoms with Crippen LogP contribution < -0.4 is 0 Å². The number of carbonyl (C=O) groups excluding carboxylic acids is 1. The van der Waals surface area contributed by atoms with Crippen molar-refractivity contribution in [1.29, 1.82) is 5.26 Å². The van der Waals surface area contributed by atoms with E-state index in [9.17, 15) is 20.0 Å². The van der Waals surface area contributed by atoms with Crippen molar-refractivity contribution in [1.82, 2.24) is 14.7 Å². The molecule has 0 spiro atoms. The maximum absolute atomic E-state index is 12.8. The van der Waals surface area contributed by atoms with Crippen molar-refractivity contribution >= 4 is 17.6 Å². The molecule has 1 aromatic carbocycles. The van der Waals surface area contributed by atoms with Crippen LogP contribution in [-0.2, 0) is 9.53 Å². The van der Waals surface area contributed by atoms with Gasteiger partial charge in [0.1, 0.15) is 12.1 Å². The highest BCUT2D eigenvalue weighted by molar-refractivity contribution is 5.86. The first-order chi connectivity index (χ1) is 16.0. The predicted molar refractivity (Wildman–Crippen MR) is 123 cm³/mol. The van der Waals surface area contributed by atoms with Gasteiger partial charge < -0.3 is 14.7 Å². The Balaban J connectivity index is 1.22. The first-order valence-electron chi connectivity index (χ1n) is 11.5. The minimum Gasteiger partial charge on any atom is -0.465 e. The summed E-state index contributed by atoms with van der Waals surface area (Å²) >= 11 is 0. The molecule has 0 saturated carbocycles. The van der Waals surface area contributed by atoms with Crippen LogP contribution in [0.15, 0.2) is 48.6 Å². The van der Waals surface area contributed by atoms with Crippen LogP contribution in [0.25, 0.3) is 5.57 Å². The second kappa shape index (κ2) is 10.2. The van der Waals surface area contributed by atoms with E-state index in [1.54, 1.807) is 4.90 Å². The van der Waals surface area contributed by atoms with Gasteiger partial charge in [-0.25, -0.2) is 4.79 Å². The molecule has 1 aliphatic carbocycles. The molecule has 2 aliphatic heterocycles. The van der Waals surface area contributed by atoms with Gasteiger partial charge >= 0.3 is 6.09 Å². The van der Waals surface area contributed by atoms with Gasteiger partial charge in [-0.05, 0) is 30.1 Å². The lowest BCUT2D eigenvalue weighted by Gasteiger charge is -2.37. The minimum atomic E-state index is -1.02. The lowest BCUT2D eigenvalue weighted by Crippen LogP contribution is -2.54. The summed E-state index contributed by atoms with van der Waals surface area (Å²) < 4.78 is 6.02. The fourth-order valence-electron chi connectivity index (χ4n) is 4.70. The molecule has 3 aliphatic rings. The summed E-state index contributed by atoms with van der Waals surface area (Å²) in [5.41, 5.74) is 1.27. The number of benzene rings is 1. The van der Waals surface area contributed by atoms with E-state index >= 15 is 0 Å². The first kappa shape index (κ1) is 23.0. The van der Waals surface area contributed by atoms with Crippen LogP contribution in [-0.4, -0.2) is 89.3 Å². The molecule has 2 atom stereocenters. The monoisotopic (exact) mass is 450 g/mol. The fourth-order valence-corrected chi connectivity index (χ4v) is 4.70. The van der Waals surface area contributed by atoms with Gasteiger partial charge in [0.05, 0.1) is 6.61 Å². The van der Waals surface area contributed by atoms with E-state index in [0.29, 0.717) is 58.7 Å². The Morgan fingerprint density at radius 2 is 1.91 bits per heavy atom. The van der Waals surface area contributed by atoms with Crippen molar-refractivity contribution in [3.8, 4) is 6.07 Å². The van der Waals surface area contributed by atoms with Crippen LogP contribution in [0.4, 0.5) is 4.79 Å². The SMILES string of the molecule is N#CC1(OCCN2CCN(C(=O)[C@H]3CCCN3C(=O)O)CC2)C=CC(c2ccccc2)=CC1. The third kappa shape index (κ3) is 5.27. The normalized spacial score (nSPS) is 25.5. The van der Waals surface area contributed by atoms with E-state index in [0.717, 1.165) is 17.6 Å². The van der Waals surface area contributed by atoms with Crippen molar-refractivity contribution < 1.29 is 19.4 Å². The summed E-state index contributed by atoms with van der Waals surface area (Å²) in [5, 5.41) is 19.0. The maximum atomic E-state index is 12.8. The zero-order valence-electron chi connectivity index (χ0n) is 18.7. The van der Waals surface area contributed by atoms with Crippen LogP contribution >= 0.6 is 0 Å². The van der Waals surface area contributed by atoms with E-state index in [-0.39, 0.29) is 5.91 Å². The number of hydrogen-bond donors (Lipinski definition) is 1. The predicted octanol–water partition coefficient (Wildman–Crippen LogP) is 2.60. The number of nitrogens with zero attached hydrogens (tertiary/aromatic N) is 4. The van der Waals surface area contributed by atoms with Crippen molar-refractivity contribution in [2.45, 2.75) is 30.9 Å². The molecular weight excluding hydrogens is 420 g/mol. The number of ether oxygens (including phenoxy) is 1. The largest absolute Gasteiger partial charge is 0.465 e. The number of hydrogen-bond acceptors (Lipinski definition) is 5. The molecule has 2 heterocycles. The fraction of sp³-hybridized carbons (Fsp3) is 0.480. The van der Waals surface area contributed by atoms with Gasteiger partial charge in [-0.15, -0.1) is 0 Å². The maximum Gasteiger partial charge on any atom is 0.407 e. The molecule has 1 N–H and O–H groups in total. The lowest BCUT2D eigenvalue weighted by atomic mass is 9.90. The van der Waals surface area contributed by atoms with E-state index in [1.807, 2.05) is 48.6 Å². The molecule has 8 heteroatoms. The summed E-state index contributed by atoms with van der Waals surface area (Å²) in [5.74, 6) is -0.0809. The molecule has 0 radical (unpaired) electrons. The number of carboxylic acid groups (broad SMARTS) is 1. The number of piperazine rings is 1. The molecule has 33 heavy (non-hydrogen) atoms. The average Bonchev–Trinajstić information content (AvgIpc) is 3.35. The minimum absolute atomic E-state index is 0.0809. The molecule has 2 fully saturated rings. The zero-order chi connectivity index (χ0) is 23.3. The Bertz CT molecular complexity index is 962. The van der Waals surface area contributed by atoms with Gasteiger partial charge in [0.25, 0.3) is 0 Å². The molecule has 0 bridgehead atoms. The molecule has 4 rings (SSSR count). The third-order valence-corrected chi connectivity index (χ3v) is 6.69. The Labute approximate surface area is 194 Å². The van der Waals surface area contributed by atoms with Gasteiger partial charge in [0.15, 0.2) is 5.60 Å². The summed E-state index contributed by atoms with van der Waals surface area (Å²) in [4.78, 5) is 29.4. The molecule has 2 amide bonds. The highest BCUT2D eigenvalue weighted by Crippen LogP contribution is 2.29. The second-order valence-electron chi connectivity index (χ2n) is 8.71. The summed E-state index contributed by atoms with van der Waals surface area (Å²) in [6.07, 6.45) is 6.67. The third-order valence-electron chi connectivity index (χ3n) is 6.69. The van der Waals surface area contributed by atoms with E-state index in [1.165, 1.54) is 4.90 Å². The van der Waals surface area contributed by atoms with Crippen LogP contribution in [0.2, 0.25) is 0 Å². The van der Waals surface area contributed by atoms with Crippen molar-refractivity contribution in [2.75, 3.05) is 45.9 Å². The molecule has 174 valence electrons. The van der Waals surface area contributed by atoms with E-state index < -0.39 is 17.7 Å². The highest BCUT2D eigenvalue weighted by atomic mass is 16.5. The van der Waals surface area contributed by atoms with Crippen LogP contribution in [0.3, 0.4) is 0 Å². The first-order valence-corrected chi connectivity index (χ1v) is 11.5. The number of carbonyl (C=O) groups is 2. The highest BCUT2D eigenvalue weighted by Gasteiger charge is 2.37. The van der Waals surface area contributed by atoms with Crippen molar-refractivity contribution in [3.05, 3.63) is 54.1 Å². The van der Waals surface area contributed by atoms with Gasteiger partial charge in [0.2, 0.25) is 5.91 Å². The molecule has 1 unspecified atom stereocenters. The van der Waals surface area contributed by atoms with Gasteiger partial charge in [0, 0.05) is 45.7 Å². The number of likely N-dealkylation sites (tertiary alicyclic amines) is 1. The second-order valence-corrected chi connectivity index (χ2v) is 8.71. The van der Waals surface area contributed by atoms with Crippen LogP contribution in [0.1, 0.15) is 24.8 Å². The number of amides is 2. The molecule has 0 aromatic heterocycles. The van der Waals surface area contributed by atoms with Crippen LogP contribution in [0, 0.1) is 11.3 Å². The summed E-state index contributed by atoms with van der Waals surface area (Å²) in [7, 11) is 0. The molecule has 1 aromatic rings. The average molecular weight is 451 g/mol. The topological polar surface area (TPSA) is 97.1 Å². The Kier molecular flexibility index (Phi) is 7.11. The Morgan fingerprint density at radius 3 is 2.55 bits per heavy atom.